The van der Waals surface area contributed by atoms with Crippen molar-refractivity contribution in [2.45, 2.75) is 30.6 Å². The molecule has 0 bridgehead atoms. The summed E-state index contributed by atoms with van der Waals surface area (Å²) in [6, 6.07) is 14.8. The molecule has 3 aromatic rings. The van der Waals surface area contributed by atoms with Crippen molar-refractivity contribution < 1.29 is 9.47 Å². The number of aromatic nitrogens is 2. The summed E-state index contributed by atoms with van der Waals surface area (Å²) in [5.41, 5.74) is 0.703. The fraction of sp³-hybridized carbons (Fsp3) is 0.333. The lowest BCUT2D eigenvalue weighted by atomic mass is 10.2. The molecule has 0 spiro atoms. The minimum Gasteiger partial charge on any atom is -0.493 e. The van der Waals surface area contributed by atoms with Crippen molar-refractivity contribution in [3.8, 4) is 5.75 Å². The molecule has 5 nitrogen and oxygen atoms in total. The van der Waals surface area contributed by atoms with Crippen molar-refractivity contribution in [2.24, 2.45) is 0 Å². The van der Waals surface area contributed by atoms with E-state index in [9.17, 15) is 4.79 Å². The molecule has 0 unspecified atom stereocenters. The van der Waals surface area contributed by atoms with Crippen LogP contribution in [0.5, 0.6) is 5.75 Å². The van der Waals surface area contributed by atoms with Crippen LogP contribution in [-0.4, -0.2) is 34.6 Å². The maximum atomic E-state index is 13.0. The number of para-hydroxylation sites is 1. The van der Waals surface area contributed by atoms with Gasteiger partial charge in [-0.05, 0) is 43.2 Å². The SMILES string of the molecule is O=c1c2ccccc2nc(SCCOc2cccc(Cl)c2)n1C[C@H]1CCCO1. The lowest BCUT2D eigenvalue weighted by molar-refractivity contribution is 0.0937. The van der Waals surface area contributed by atoms with Gasteiger partial charge in [0.1, 0.15) is 5.75 Å². The van der Waals surface area contributed by atoms with Gasteiger partial charge in [0.05, 0.1) is 30.2 Å². The summed E-state index contributed by atoms with van der Waals surface area (Å²) in [7, 11) is 0. The second-order valence-corrected chi connectivity index (χ2v) is 8.12. The molecule has 1 atom stereocenters. The lowest BCUT2D eigenvalue weighted by Gasteiger charge is -2.16. The van der Waals surface area contributed by atoms with Gasteiger partial charge in [-0.1, -0.05) is 41.6 Å². The van der Waals surface area contributed by atoms with E-state index in [2.05, 4.69) is 0 Å². The molecule has 0 aliphatic carbocycles. The first-order valence-electron chi connectivity index (χ1n) is 9.33. The van der Waals surface area contributed by atoms with Crippen LogP contribution in [0.15, 0.2) is 58.5 Å². The minimum absolute atomic E-state index is 0.0145. The maximum Gasteiger partial charge on any atom is 0.262 e. The molecule has 4 rings (SSSR count). The smallest absolute Gasteiger partial charge is 0.262 e. The second kappa shape index (κ2) is 8.99. The van der Waals surface area contributed by atoms with E-state index >= 15 is 0 Å². The first-order chi connectivity index (χ1) is 13.7. The summed E-state index contributed by atoms with van der Waals surface area (Å²) in [5, 5.41) is 1.99. The molecule has 28 heavy (non-hydrogen) atoms. The fourth-order valence-electron chi connectivity index (χ4n) is 3.26. The fourth-order valence-corrected chi connectivity index (χ4v) is 4.27. The molecule has 0 saturated carbocycles. The summed E-state index contributed by atoms with van der Waals surface area (Å²) in [5.74, 6) is 1.40. The van der Waals surface area contributed by atoms with E-state index in [1.165, 1.54) is 11.8 Å². The van der Waals surface area contributed by atoms with Gasteiger partial charge in [0, 0.05) is 17.4 Å². The van der Waals surface area contributed by atoms with Crippen LogP contribution >= 0.6 is 23.4 Å². The molecule has 0 radical (unpaired) electrons. The van der Waals surface area contributed by atoms with Crippen LogP contribution in [0.2, 0.25) is 5.02 Å². The molecule has 2 heterocycles. The van der Waals surface area contributed by atoms with Crippen LogP contribution in [0.3, 0.4) is 0 Å². The number of halogens is 1. The molecule has 1 fully saturated rings. The number of thioether (sulfide) groups is 1. The molecular weight excluding hydrogens is 396 g/mol. The molecule has 0 amide bonds. The van der Waals surface area contributed by atoms with Gasteiger partial charge in [0.2, 0.25) is 0 Å². The summed E-state index contributed by atoms with van der Waals surface area (Å²) in [6.07, 6.45) is 2.08. The predicted molar refractivity (Wildman–Crippen MR) is 113 cm³/mol. The van der Waals surface area contributed by atoms with Crippen LogP contribution < -0.4 is 10.3 Å². The topological polar surface area (TPSA) is 53.3 Å². The largest absolute Gasteiger partial charge is 0.493 e. The Bertz CT molecular complexity index is 1020. The average Bonchev–Trinajstić information content (AvgIpc) is 3.21. The Balaban J connectivity index is 1.51. The number of rotatable bonds is 7. The van der Waals surface area contributed by atoms with Gasteiger partial charge >= 0.3 is 0 Å². The van der Waals surface area contributed by atoms with E-state index in [0.717, 1.165) is 25.2 Å². The zero-order valence-corrected chi connectivity index (χ0v) is 16.9. The molecule has 1 aliphatic heterocycles. The number of ether oxygens (including phenoxy) is 2. The Kier molecular flexibility index (Phi) is 6.20. The van der Waals surface area contributed by atoms with E-state index in [-0.39, 0.29) is 11.7 Å². The summed E-state index contributed by atoms with van der Waals surface area (Å²) >= 11 is 7.50. The van der Waals surface area contributed by atoms with Crippen molar-refractivity contribution in [3.05, 3.63) is 63.9 Å². The molecular formula is C21H21ClN2O3S. The highest BCUT2D eigenvalue weighted by Gasteiger charge is 2.20. The van der Waals surface area contributed by atoms with Gasteiger partial charge in [0.25, 0.3) is 5.56 Å². The number of benzene rings is 2. The lowest BCUT2D eigenvalue weighted by Crippen LogP contribution is -2.29. The van der Waals surface area contributed by atoms with E-state index < -0.39 is 0 Å². The van der Waals surface area contributed by atoms with Crippen LogP contribution in [0.1, 0.15) is 12.8 Å². The van der Waals surface area contributed by atoms with Crippen molar-refractivity contribution in [1.82, 2.24) is 9.55 Å². The van der Waals surface area contributed by atoms with E-state index in [0.29, 0.717) is 40.0 Å². The Labute approximate surface area is 172 Å². The summed E-state index contributed by atoms with van der Waals surface area (Å²) in [6.45, 7) is 1.79. The number of hydrogen-bond acceptors (Lipinski definition) is 5. The Morgan fingerprint density at radius 2 is 2.14 bits per heavy atom. The number of hydrogen-bond donors (Lipinski definition) is 0. The summed E-state index contributed by atoms with van der Waals surface area (Å²) < 4.78 is 13.2. The van der Waals surface area contributed by atoms with Crippen LogP contribution in [0.25, 0.3) is 10.9 Å². The first-order valence-corrected chi connectivity index (χ1v) is 10.7. The Morgan fingerprint density at radius 3 is 2.96 bits per heavy atom. The third kappa shape index (κ3) is 4.51. The molecule has 0 N–H and O–H groups in total. The van der Waals surface area contributed by atoms with Crippen molar-refractivity contribution >= 4 is 34.3 Å². The van der Waals surface area contributed by atoms with Crippen molar-refractivity contribution in [1.29, 1.82) is 0 Å². The quantitative estimate of drug-likeness (QED) is 0.324. The van der Waals surface area contributed by atoms with Crippen LogP contribution in [0, 0.1) is 0 Å². The van der Waals surface area contributed by atoms with Gasteiger partial charge in [-0.15, -0.1) is 0 Å². The van der Waals surface area contributed by atoms with Gasteiger partial charge < -0.3 is 9.47 Å². The molecule has 1 aromatic heterocycles. The second-order valence-electron chi connectivity index (χ2n) is 6.62. The highest BCUT2D eigenvalue weighted by atomic mass is 35.5. The van der Waals surface area contributed by atoms with E-state index in [4.69, 9.17) is 26.1 Å². The van der Waals surface area contributed by atoms with Crippen LogP contribution in [-0.2, 0) is 11.3 Å². The average molecular weight is 417 g/mol. The molecule has 2 aromatic carbocycles. The minimum atomic E-state index is -0.0145. The first kappa shape index (κ1) is 19.3. The maximum absolute atomic E-state index is 13.0. The molecule has 1 aliphatic rings. The standard InChI is InChI=1S/C21H21ClN2O3S/c22-15-5-3-6-16(13-15)27-11-12-28-21-23-19-9-2-1-8-18(19)20(25)24(21)14-17-7-4-10-26-17/h1-3,5-6,8-9,13,17H,4,7,10-12,14H2/t17-/m1/s1. The zero-order valence-electron chi connectivity index (χ0n) is 15.3. The molecule has 7 heteroatoms. The molecule has 1 saturated heterocycles. The number of nitrogens with zero attached hydrogens (tertiary/aromatic N) is 2. The third-order valence-electron chi connectivity index (χ3n) is 4.62. The van der Waals surface area contributed by atoms with Crippen molar-refractivity contribution in [3.63, 3.8) is 0 Å². The van der Waals surface area contributed by atoms with Gasteiger partial charge in [-0.3, -0.25) is 9.36 Å². The predicted octanol–water partition coefficient (Wildman–Crippen LogP) is 4.40. The van der Waals surface area contributed by atoms with Gasteiger partial charge in [0.15, 0.2) is 5.16 Å². The third-order valence-corrected chi connectivity index (χ3v) is 5.79. The zero-order chi connectivity index (χ0) is 19.3. The van der Waals surface area contributed by atoms with Gasteiger partial charge in [-0.25, -0.2) is 4.98 Å². The van der Waals surface area contributed by atoms with Crippen molar-refractivity contribution in [2.75, 3.05) is 19.0 Å². The number of fused-ring (bicyclic) bond motifs is 1. The Hall–Kier alpha value is -2.02. The Morgan fingerprint density at radius 1 is 1.25 bits per heavy atom. The summed E-state index contributed by atoms with van der Waals surface area (Å²) in [4.78, 5) is 17.8. The van der Waals surface area contributed by atoms with E-state index in [1.54, 1.807) is 10.6 Å². The van der Waals surface area contributed by atoms with Gasteiger partial charge in [-0.2, -0.15) is 0 Å². The highest BCUT2D eigenvalue weighted by molar-refractivity contribution is 7.99. The highest BCUT2D eigenvalue weighted by Crippen LogP contribution is 2.22. The molecule has 146 valence electrons. The van der Waals surface area contributed by atoms with Crippen LogP contribution in [0.4, 0.5) is 0 Å². The normalized spacial score (nSPS) is 16.5. The van der Waals surface area contributed by atoms with E-state index in [1.807, 2.05) is 42.5 Å². The monoisotopic (exact) mass is 416 g/mol.